The highest BCUT2D eigenvalue weighted by Gasteiger charge is 2.12. The number of aryl methyl sites for hydroxylation is 1. The number of halogens is 3. The van der Waals surface area contributed by atoms with E-state index in [0.29, 0.717) is 10.6 Å². The van der Waals surface area contributed by atoms with E-state index in [1.165, 1.54) is 0 Å². The molecule has 0 heterocycles. The molecule has 2 nitrogen and oxygen atoms in total. The van der Waals surface area contributed by atoms with Crippen LogP contribution in [0.4, 0.5) is 5.69 Å². The lowest BCUT2D eigenvalue weighted by Crippen LogP contribution is -2.13. The zero-order valence-corrected chi connectivity index (χ0v) is 14.5. The minimum absolute atomic E-state index is 0.157. The molecule has 0 aromatic heterocycles. The Morgan fingerprint density at radius 1 is 1.26 bits per heavy atom. The molecule has 2 aromatic rings. The molecular weight excluding hydrogens is 440 g/mol. The Bertz CT molecular complexity index is 645. The number of rotatable bonds is 2. The number of benzene rings is 2. The number of nitrogens with one attached hydrogen (secondary N) is 1. The molecule has 2 aromatic carbocycles. The van der Waals surface area contributed by atoms with E-state index in [1.54, 1.807) is 12.1 Å². The Kier molecular flexibility index (Phi) is 4.86. The lowest BCUT2D eigenvalue weighted by atomic mass is 10.1. The van der Waals surface area contributed by atoms with E-state index in [-0.39, 0.29) is 5.91 Å². The van der Waals surface area contributed by atoms with Gasteiger partial charge in [0.25, 0.3) is 5.91 Å². The molecule has 0 aliphatic carbocycles. The fourth-order valence-corrected chi connectivity index (χ4v) is 2.68. The van der Waals surface area contributed by atoms with E-state index < -0.39 is 0 Å². The van der Waals surface area contributed by atoms with E-state index in [1.807, 2.05) is 31.2 Å². The van der Waals surface area contributed by atoms with Gasteiger partial charge in [0, 0.05) is 18.8 Å². The van der Waals surface area contributed by atoms with E-state index in [4.69, 9.17) is 11.6 Å². The van der Waals surface area contributed by atoms with Crippen LogP contribution in [0.25, 0.3) is 0 Å². The summed E-state index contributed by atoms with van der Waals surface area (Å²) in [6.07, 6.45) is 0. The summed E-state index contributed by atoms with van der Waals surface area (Å²) in [6.45, 7) is 1.93. The Morgan fingerprint density at radius 3 is 2.74 bits per heavy atom. The second kappa shape index (κ2) is 6.24. The highest BCUT2D eigenvalue weighted by atomic mass is 127. The van der Waals surface area contributed by atoms with E-state index >= 15 is 0 Å². The zero-order valence-electron chi connectivity index (χ0n) is 10.0. The summed E-state index contributed by atoms with van der Waals surface area (Å²) in [5.74, 6) is -0.157. The van der Waals surface area contributed by atoms with Crippen LogP contribution in [0.2, 0.25) is 5.02 Å². The maximum absolute atomic E-state index is 12.3. The van der Waals surface area contributed by atoms with Crippen molar-refractivity contribution in [3.8, 4) is 0 Å². The molecule has 0 spiro atoms. The summed E-state index contributed by atoms with van der Waals surface area (Å²) in [4.78, 5) is 12.3. The summed E-state index contributed by atoms with van der Waals surface area (Å²) >= 11 is 11.5. The molecule has 0 bridgehead atoms. The lowest BCUT2D eigenvalue weighted by molar-refractivity contribution is 0.102. The van der Waals surface area contributed by atoms with Gasteiger partial charge in [-0.1, -0.05) is 17.7 Å². The first-order valence-corrected chi connectivity index (χ1v) is 7.75. The van der Waals surface area contributed by atoms with Gasteiger partial charge in [-0.3, -0.25) is 4.79 Å². The van der Waals surface area contributed by atoms with E-state index in [2.05, 4.69) is 43.8 Å². The minimum atomic E-state index is -0.157. The van der Waals surface area contributed by atoms with Crippen molar-refractivity contribution in [1.29, 1.82) is 0 Å². The normalized spacial score (nSPS) is 10.3. The molecule has 0 atom stereocenters. The molecular formula is C14H10BrClINO. The quantitative estimate of drug-likeness (QED) is 0.621. The molecule has 2 rings (SSSR count). The first kappa shape index (κ1) is 14.8. The standard InChI is InChI=1S/C14H10BrClINO/c1-8-2-3-9(16)6-13(8)18-14(19)11-7-10(17)4-5-12(11)15/h2-7H,1H3,(H,18,19). The zero-order chi connectivity index (χ0) is 14.0. The van der Waals surface area contributed by atoms with Gasteiger partial charge < -0.3 is 5.32 Å². The maximum Gasteiger partial charge on any atom is 0.256 e. The number of hydrogen-bond acceptors (Lipinski definition) is 1. The van der Waals surface area contributed by atoms with Crippen molar-refractivity contribution in [2.45, 2.75) is 6.92 Å². The van der Waals surface area contributed by atoms with Crippen molar-refractivity contribution in [1.82, 2.24) is 0 Å². The third-order valence-corrected chi connectivity index (χ3v) is 4.22. The van der Waals surface area contributed by atoms with Gasteiger partial charge in [-0.25, -0.2) is 0 Å². The van der Waals surface area contributed by atoms with Gasteiger partial charge in [-0.15, -0.1) is 0 Å². The van der Waals surface area contributed by atoms with Crippen LogP contribution in [0.5, 0.6) is 0 Å². The summed E-state index contributed by atoms with van der Waals surface area (Å²) in [7, 11) is 0. The van der Waals surface area contributed by atoms with Gasteiger partial charge in [0.15, 0.2) is 0 Å². The second-order valence-corrected chi connectivity index (χ2v) is 6.57. The number of hydrogen-bond donors (Lipinski definition) is 1. The van der Waals surface area contributed by atoms with Crippen molar-refractivity contribution in [2.24, 2.45) is 0 Å². The number of carbonyl (C=O) groups excluding carboxylic acids is 1. The molecule has 0 saturated heterocycles. The number of carbonyl (C=O) groups is 1. The number of amides is 1. The monoisotopic (exact) mass is 449 g/mol. The van der Waals surface area contributed by atoms with Gasteiger partial charge >= 0.3 is 0 Å². The van der Waals surface area contributed by atoms with Gasteiger partial charge in [0.1, 0.15) is 0 Å². The Morgan fingerprint density at radius 2 is 2.00 bits per heavy atom. The molecule has 0 unspecified atom stereocenters. The van der Waals surface area contributed by atoms with Crippen LogP contribution in [0, 0.1) is 10.5 Å². The third-order valence-electron chi connectivity index (χ3n) is 2.62. The van der Waals surface area contributed by atoms with Crippen molar-refractivity contribution in [3.63, 3.8) is 0 Å². The van der Waals surface area contributed by atoms with Gasteiger partial charge in [0.2, 0.25) is 0 Å². The minimum Gasteiger partial charge on any atom is -0.322 e. The molecule has 1 N–H and O–H groups in total. The molecule has 0 fully saturated rings. The molecule has 98 valence electrons. The molecule has 0 radical (unpaired) electrons. The van der Waals surface area contributed by atoms with Crippen LogP contribution in [0.1, 0.15) is 15.9 Å². The average Bonchev–Trinajstić information content (AvgIpc) is 2.36. The van der Waals surface area contributed by atoms with Crippen LogP contribution >= 0.6 is 50.1 Å². The van der Waals surface area contributed by atoms with Crippen LogP contribution in [0.15, 0.2) is 40.9 Å². The van der Waals surface area contributed by atoms with Crippen molar-refractivity contribution in [2.75, 3.05) is 5.32 Å². The fraction of sp³-hybridized carbons (Fsp3) is 0.0714. The molecule has 1 amide bonds. The van der Waals surface area contributed by atoms with Crippen LogP contribution in [0.3, 0.4) is 0 Å². The van der Waals surface area contributed by atoms with Gasteiger partial charge in [-0.05, 0) is 81.3 Å². The highest BCUT2D eigenvalue weighted by molar-refractivity contribution is 14.1. The molecule has 5 heteroatoms. The fourth-order valence-electron chi connectivity index (χ4n) is 1.59. The Balaban J connectivity index is 2.30. The Labute approximate surface area is 138 Å². The van der Waals surface area contributed by atoms with Crippen molar-refractivity contribution in [3.05, 3.63) is 60.6 Å². The van der Waals surface area contributed by atoms with Crippen LogP contribution < -0.4 is 5.32 Å². The Hall–Kier alpha value is -0.590. The maximum atomic E-state index is 12.3. The SMILES string of the molecule is Cc1ccc(Cl)cc1NC(=O)c1cc(I)ccc1Br. The summed E-state index contributed by atoms with van der Waals surface area (Å²) in [6, 6.07) is 11.1. The lowest BCUT2D eigenvalue weighted by Gasteiger charge is -2.10. The van der Waals surface area contributed by atoms with Gasteiger partial charge in [0.05, 0.1) is 5.56 Å². The summed E-state index contributed by atoms with van der Waals surface area (Å²) in [5, 5.41) is 3.48. The second-order valence-electron chi connectivity index (χ2n) is 4.04. The van der Waals surface area contributed by atoms with Crippen LogP contribution in [-0.4, -0.2) is 5.91 Å². The smallest absolute Gasteiger partial charge is 0.256 e. The summed E-state index contributed by atoms with van der Waals surface area (Å²) < 4.78 is 1.78. The van der Waals surface area contributed by atoms with Crippen LogP contribution in [-0.2, 0) is 0 Å². The first-order valence-electron chi connectivity index (χ1n) is 5.50. The largest absolute Gasteiger partial charge is 0.322 e. The summed E-state index contributed by atoms with van der Waals surface area (Å²) in [5.41, 5.74) is 2.30. The molecule has 0 aliphatic rings. The van der Waals surface area contributed by atoms with E-state index in [0.717, 1.165) is 19.3 Å². The molecule has 19 heavy (non-hydrogen) atoms. The average molecular weight is 451 g/mol. The predicted molar refractivity (Wildman–Crippen MR) is 91.0 cm³/mol. The third kappa shape index (κ3) is 3.70. The van der Waals surface area contributed by atoms with Crippen molar-refractivity contribution >= 4 is 61.7 Å². The first-order chi connectivity index (χ1) is 8.97. The predicted octanol–water partition coefficient (Wildman–Crippen LogP) is 5.27. The van der Waals surface area contributed by atoms with Crippen molar-refractivity contribution < 1.29 is 4.79 Å². The topological polar surface area (TPSA) is 29.1 Å². The number of anilines is 1. The van der Waals surface area contributed by atoms with E-state index in [9.17, 15) is 4.79 Å². The van der Waals surface area contributed by atoms with Gasteiger partial charge in [-0.2, -0.15) is 0 Å². The highest BCUT2D eigenvalue weighted by Crippen LogP contribution is 2.24. The molecule has 0 aliphatic heterocycles. The molecule has 0 saturated carbocycles.